The van der Waals surface area contributed by atoms with Crippen molar-refractivity contribution < 1.29 is 34.2 Å². The molecule has 1 aromatic carbocycles. The van der Waals surface area contributed by atoms with Crippen molar-refractivity contribution in [2.24, 2.45) is 27.9 Å². The fourth-order valence-electron chi connectivity index (χ4n) is 3.09. The largest absolute Gasteiger partial charge is 0.508 e. The molecule has 0 spiro atoms. The highest BCUT2D eigenvalue weighted by Gasteiger charge is 2.25. The highest BCUT2D eigenvalue weighted by Crippen LogP contribution is 2.11. The molecule has 13 N–H and O–H groups in total. The first-order valence-electron chi connectivity index (χ1n) is 11.4. The maximum atomic E-state index is 12.6. The van der Waals surface area contributed by atoms with Crippen LogP contribution >= 0.6 is 0 Å². The molecule has 0 fully saturated rings. The van der Waals surface area contributed by atoms with Gasteiger partial charge in [0, 0.05) is 19.4 Å². The fraction of sp³-hybridized carbons (Fsp3) is 0.455. The minimum atomic E-state index is -1.30. The number of primary amides is 1. The molecule has 204 valence electrons. The fourth-order valence-corrected chi connectivity index (χ4v) is 3.09. The van der Waals surface area contributed by atoms with Gasteiger partial charge in [-0.05, 0) is 37.0 Å². The number of nitrogens with two attached hydrogens (primary N) is 4. The van der Waals surface area contributed by atoms with Crippen LogP contribution < -0.4 is 38.9 Å². The third kappa shape index (κ3) is 12.7. The number of carboxylic acids is 1. The molecule has 0 aromatic heterocycles. The monoisotopic (exact) mass is 522 g/mol. The van der Waals surface area contributed by atoms with E-state index in [2.05, 4.69) is 20.9 Å². The molecule has 0 aliphatic carbocycles. The van der Waals surface area contributed by atoms with Crippen LogP contribution in [0, 0.1) is 0 Å². The van der Waals surface area contributed by atoms with Crippen LogP contribution in [0.2, 0.25) is 0 Å². The van der Waals surface area contributed by atoms with Crippen LogP contribution in [0.25, 0.3) is 0 Å². The van der Waals surface area contributed by atoms with Gasteiger partial charge in [0.1, 0.15) is 17.8 Å². The van der Waals surface area contributed by atoms with Crippen molar-refractivity contribution in [2.45, 2.75) is 50.2 Å². The second-order valence-electron chi connectivity index (χ2n) is 8.17. The molecule has 0 radical (unpaired) electrons. The predicted molar refractivity (Wildman–Crippen MR) is 133 cm³/mol. The van der Waals surface area contributed by atoms with Crippen molar-refractivity contribution in [1.29, 1.82) is 0 Å². The summed E-state index contributed by atoms with van der Waals surface area (Å²) in [6.45, 7) is -0.334. The number of amides is 4. The average Bonchev–Trinajstić information content (AvgIpc) is 2.83. The van der Waals surface area contributed by atoms with Gasteiger partial charge in [-0.1, -0.05) is 12.1 Å². The molecule has 0 aliphatic heterocycles. The van der Waals surface area contributed by atoms with E-state index < -0.39 is 54.3 Å². The zero-order chi connectivity index (χ0) is 28.0. The van der Waals surface area contributed by atoms with E-state index in [0.29, 0.717) is 12.0 Å². The zero-order valence-electron chi connectivity index (χ0n) is 20.2. The maximum absolute atomic E-state index is 12.6. The van der Waals surface area contributed by atoms with Crippen LogP contribution in [0.5, 0.6) is 5.75 Å². The van der Waals surface area contributed by atoms with E-state index in [1.807, 2.05) is 0 Å². The van der Waals surface area contributed by atoms with Crippen molar-refractivity contribution in [2.75, 3.05) is 13.1 Å². The number of benzene rings is 1. The Morgan fingerprint density at radius 3 is 2.14 bits per heavy atom. The minimum absolute atomic E-state index is 0.00672. The highest BCUT2D eigenvalue weighted by atomic mass is 16.4. The number of carboxylic acid groups (broad SMARTS) is 1. The van der Waals surface area contributed by atoms with Gasteiger partial charge in [-0.25, -0.2) is 4.79 Å². The summed E-state index contributed by atoms with van der Waals surface area (Å²) in [4.78, 5) is 63.8. The first-order valence-corrected chi connectivity index (χ1v) is 11.4. The van der Waals surface area contributed by atoms with Gasteiger partial charge in [-0.15, -0.1) is 0 Å². The van der Waals surface area contributed by atoms with Gasteiger partial charge in [-0.2, -0.15) is 0 Å². The van der Waals surface area contributed by atoms with Gasteiger partial charge < -0.3 is 49.1 Å². The average molecular weight is 523 g/mol. The minimum Gasteiger partial charge on any atom is -0.508 e. The second kappa shape index (κ2) is 15.6. The number of rotatable bonds is 16. The summed E-state index contributed by atoms with van der Waals surface area (Å²) in [5.41, 5.74) is 22.0. The van der Waals surface area contributed by atoms with Gasteiger partial charge in [0.05, 0.1) is 12.6 Å². The van der Waals surface area contributed by atoms with Crippen molar-refractivity contribution in [3.8, 4) is 5.75 Å². The van der Waals surface area contributed by atoms with Crippen LogP contribution in [0.15, 0.2) is 29.3 Å². The van der Waals surface area contributed by atoms with E-state index in [-0.39, 0.29) is 43.9 Å². The smallest absolute Gasteiger partial charge is 0.326 e. The Bertz CT molecular complexity index is 980. The van der Waals surface area contributed by atoms with E-state index in [1.54, 1.807) is 0 Å². The van der Waals surface area contributed by atoms with E-state index in [1.165, 1.54) is 24.3 Å². The van der Waals surface area contributed by atoms with Crippen LogP contribution in [0.3, 0.4) is 0 Å². The molecule has 1 aromatic rings. The van der Waals surface area contributed by atoms with Crippen molar-refractivity contribution in [3.05, 3.63) is 29.8 Å². The molecule has 1 rings (SSSR count). The van der Waals surface area contributed by atoms with Crippen LogP contribution in [-0.2, 0) is 30.4 Å². The Hall–Kier alpha value is -4.40. The van der Waals surface area contributed by atoms with E-state index in [9.17, 15) is 34.2 Å². The number of phenols is 1. The Labute approximate surface area is 213 Å². The van der Waals surface area contributed by atoms with Gasteiger partial charge >= 0.3 is 5.97 Å². The third-order valence-electron chi connectivity index (χ3n) is 5.05. The predicted octanol–water partition coefficient (Wildman–Crippen LogP) is -3.25. The number of guanidine groups is 1. The normalized spacial score (nSPS) is 12.9. The summed E-state index contributed by atoms with van der Waals surface area (Å²) in [5.74, 6) is -4.34. The lowest BCUT2D eigenvalue weighted by molar-refractivity contribution is -0.141. The van der Waals surface area contributed by atoms with Crippen LogP contribution in [0.4, 0.5) is 0 Å². The SMILES string of the molecule is NC(=O)CCC(NC(=O)C(N)CCCN=C(N)N)C(=O)NCC(=O)NC(Cc1ccc(O)cc1)C(=O)O. The second-order valence-corrected chi connectivity index (χ2v) is 8.17. The molecule has 0 saturated carbocycles. The van der Waals surface area contributed by atoms with Crippen LogP contribution in [-0.4, -0.2) is 77.0 Å². The Balaban J connectivity index is 2.68. The summed E-state index contributed by atoms with van der Waals surface area (Å²) in [5, 5.41) is 25.8. The Morgan fingerprint density at radius 1 is 0.919 bits per heavy atom. The van der Waals surface area contributed by atoms with Crippen LogP contribution in [0.1, 0.15) is 31.2 Å². The number of aliphatic imine (C=N–C) groups is 1. The molecule has 3 atom stereocenters. The molecule has 0 heterocycles. The first kappa shape index (κ1) is 30.6. The Kier molecular flexibility index (Phi) is 12.9. The van der Waals surface area contributed by atoms with E-state index in [0.717, 1.165) is 0 Å². The number of phenolic OH excluding ortho intramolecular Hbond substituents is 1. The molecule has 3 unspecified atom stereocenters. The molecule has 15 heteroatoms. The maximum Gasteiger partial charge on any atom is 0.326 e. The number of nitrogens with one attached hydrogen (secondary N) is 3. The summed E-state index contributed by atoms with van der Waals surface area (Å²) in [6, 6.07) is 2.28. The molecule has 15 nitrogen and oxygen atoms in total. The molecule has 0 bridgehead atoms. The van der Waals surface area contributed by atoms with Crippen molar-refractivity contribution in [3.63, 3.8) is 0 Å². The summed E-state index contributed by atoms with van der Waals surface area (Å²) in [6.07, 6.45) is 0.187. The molecule has 0 saturated heterocycles. The zero-order valence-corrected chi connectivity index (χ0v) is 20.2. The van der Waals surface area contributed by atoms with E-state index in [4.69, 9.17) is 22.9 Å². The van der Waals surface area contributed by atoms with Gasteiger partial charge in [0.25, 0.3) is 0 Å². The number of aromatic hydroxyl groups is 1. The molecule has 4 amide bonds. The van der Waals surface area contributed by atoms with Crippen molar-refractivity contribution >= 4 is 35.6 Å². The standard InChI is InChI=1S/C22H34N8O7/c23-14(2-1-9-27-22(25)26)19(34)30-15(7-8-17(24)32)20(35)28-11-18(33)29-16(21(36)37)10-12-3-5-13(31)6-4-12/h3-6,14-16,31H,1-2,7-11,23H2,(H2,24,32)(H,28,35)(H,29,33)(H,30,34)(H,36,37)(H4,25,26,27). The lowest BCUT2D eigenvalue weighted by Gasteiger charge is -2.21. The van der Waals surface area contributed by atoms with Gasteiger partial charge in [0.15, 0.2) is 5.96 Å². The number of nitrogens with zero attached hydrogens (tertiary/aromatic N) is 1. The molecule has 0 aliphatic rings. The van der Waals surface area contributed by atoms with E-state index >= 15 is 0 Å². The number of hydrogen-bond acceptors (Lipinski definition) is 8. The lowest BCUT2D eigenvalue weighted by Crippen LogP contribution is -2.53. The summed E-state index contributed by atoms with van der Waals surface area (Å²) in [7, 11) is 0. The topological polar surface area (TPSA) is 278 Å². The summed E-state index contributed by atoms with van der Waals surface area (Å²) >= 11 is 0. The quantitative estimate of drug-likeness (QED) is 0.0593. The summed E-state index contributed by atoms with van der Waals surface area (Å²) < 4.78 is 0. The molecular weight excluding hydrogens is 488 g/mol. The number of hydrogen-bond donors (Lipinski definition) is 9. The van der Waals surface area contributed by atoms with Gasteiger partial charge in [-0.3, -0.25) is 24.2 Å². The highest BCUT2D eigenvalue weighted by molar-refractivity contribution is 5.93. The number of carbonyl (C=O) groups is 5. The van der Waals surface area contributed by atoms with Crippen molar-refractivity contribution in [1.82, 2.24) is 16.0 Å². The number of carbonyl (C=O) groups excluding carboxylic acids is 4. The first-order chi connectivity index (χ1) is 17.4. The number of aliphatic carboxylic acids is 1. The molecular formula is C22H34N8O7. The molecule has 37 heavy (non-hydrogen) atoms. The lowest BCUT2D eigenvalue weighted by atomic mass is 10.1. The van der Waals surface area contributed by atoms with Gasteiger partial charge in [0.2, 0.25) is 23.6 Å². The third-order valence-corrected chi connectivity index (χ3v) is 5.05. The Morgan fingerprint density at radius 2 is 1.57 bits per heavy atom.